The van der Waals surface area contributed by atoms with Crippen molar-refractivity contribution in [3.63, 3.8) is 0 Å². The molecule has 24 heavy (non-hydrogen) atoms. The Balaban J connectivity index is 1.43. The highest BCUT2D eigenvalue weighted by molar-refractivity contribution is 7.22. The molecule has 2 aromatic carbocycles. The van der Waals surface area contributed by atoms with E-state index in [1.54, 1.807) is 0 Å². The van der Waals surface area contributed by atoms with Gasteiger partial charge in [-0.3, -0.25) is 4.90 Å². The fraction of sp³-hybridized carbons (Fsp3) is 0.350. The fourth-order valence-corrected chi connectivity index (χ4v) is 4.28. The molecule has 0 aliphatic carbocycles. The van der Waals surface area contributed by atoms with Crippen LogP contribution in [0.15, 0.2) is 48.5 Å². The van der Waals surface area contributed by atoms with Crippen molar-refractivity contribution >= 4 is 26.7 Å². The zero-order valence-corrected chi connectivity index (χ0v) is 14.9. The van der Waals surface area contributed by atoms with Crippen LogP contribution in [0.5, 0.6) is 0 Å². The Kier molecular flexibility index (Phi) is 4.50. The Labute approximate surface area is 147 Å². The Hall–Kier alpha value is -1.91. The van der Waals surface area contributed by atoms with Crippen LogP contribution in [0.25, 0.3) is 10.2 Å². The zero-order valence-electron chi connectivity index (χ0n) is 14.1. The van der Waals surface area contributed by atoms with Crippen LogP contribution in [0.4, 0.5) is 5.13 Å². The molecule has 0 saturated carbocycles. The predicted molar refractivity (Wildman–Crippen MR) is 103 cm³/mol. The average molecular weight is 337 g/mol. The first-order valence-electron chi connectivity index (χ1n) is 8.66. The first-order chi connectivity index (χ1) is 11.8. The molecule has 0 amide bonds. The third kappa shape index (κ3) is 3.45. The van der Waals surface area contributed by atoms with Crippen LogP contribution in [-0.2, 0) is 6.54 Å². The number of aryl methyl sites for hydroxylation is 1. The number of para-hydroxylation sites is 1. The lowest BCUT2D eigenvalue weighted by Gasteiger charge is -2.21. The quantitative estimate of drug-likeness (QED) is 0.710. The van der Waals surface area contributed by atoms with Gasteiger partial charge >= 0.3 is 0 Å². The minimum Gasteiger partial charge on any atom is -0.347 e. The smallest absolute Gasteiger partial charge is 0.186 e. The number of hydrogen-bond donors (Lipinski definition) is 0. The third-order valence-corrected chi connectivity index (χ3v) is 5.77. The number of nitrogens with zero attached hydrogens (tertiary/aromatic N) is 3. The molecule has 4 rings (SSSR count). The van der Waals surface area contributed by atoms with E-state index in [1.165, 1.54) is 27.4 Å². The number of aromatic nitrogens is 1. The first kappa shape index (κ1) is 15.6. The summed E-state index contributed by atoms with van der Waals surface area (Å²) >= 11 is 1.82. The van der Waals surface area contributed by atoms with E-state index in [-0.39, 0.29) is 0 Å². The van der Waals surface area contributed by atoms with E-state index >= 15 is 0 Å². The first-order valence-corrected chi connectivity index (χ1v) is 9.48. The van der Waals surface area contributed by atoms with Crippen molar-refractivity contribution in [2.45, 2.75) is 19.9 Å². The van der Waals surface area contributed by atoms with E-state index in [0.29, 0.717) is 0 Å². The van der Waals surface area contributed by atoms with E-state index in [9.17, 15) is 0 Å². The van der Waals surface area contributed by atoms with Gasteiger partial charge in [0.2, 0.25) is 0 Å². The number of thiazole rings is 1. The van der Waals surface area contributed by atoms with Gasteiger partial charge in [0.05, 0.1) is 10.2 Å². The predicted octanol–water partition coefficient (Wildman–Crippen LogP) is 4.32. The molecule has 1 fully saturated rings. The number of fused-ring (bicyclic) bond motifs is 1. The summed E-state index contributed by atoms with van der Waals surface area (Å²) < 4.78 is 1.29. The minimum atomic E-state index is 1.05. The fourth-order valence-electron chi connectivity index (χ4n) is 3.27. The topological polar surface area (TPSA) is 19.4 Å². The summed E-state index contributed by atoms with van der Waals surface area (Å²) in [5.74, 6) is 0. The SMILES string of the molecule is Cc1ccc(CN2CCCN(c3nc4ccccc4s3)CC2)cc1. The number of hydrogen-bond acceptors (Lipinski definition) is 4. The van der Waals surface area contributed by atoms with E-state index in [0.717, 1.165) is 38.2 Å². The van der Waals surface area contributed by atoms with Gasteiger partial charge in [0.15, 0.2) is 5.13 Å². The van der Waals surface area contributed by atoms with Gasteiger partial charge in [0.1, 0.15) is 0 Å². The van der Waals surface area contributed by atoms with Crippen LogP contribution in [0.3, 0.4) is 0 Å². The zero-order chi connectivity index (χ0) is 16.4. The van der Waals surface area contributed by atoms with Crippen molar-refractivity contribution in [2.24, 2.45) is 0 Å². The van der Waals surface area contributed by atoms with Gasteiger partial charge in [-0.2, -0.15) is 0 Å². The molecule has 0 atom stereocenters. The molecule has 2 heterocycles. The maximum Gasteiger partial charge on any atom is 0.186 e. The van der Waals surface area contributed by atoms with Gasteiger partial charge < -0.3 is 4.90 Å². The third-order valence-electron chi connectivity index (χ3n) is 4.67. The molecule has 1 saturated heterocycles. The monoisotopic (exact) mass is 337 g/mol. The van der Waals surface area contributed by atoms with Gasteiger partial charge in [-0.25, -0.2) is 4.98 Å². The largest absolute Gasteiger partial charge is 0.347 e. The van der Waals surface area contributed by atoms with Crippen LogP contribution in [0.2, 0.25) is 0 Å². The minimum absolute atomic E-state index is 1.05. The molecule has 1 aliphatic heterocycles. The summed E-state index contributed by atoms with van der Waals surface area (Å²) in [6.45, 7) is 7.62. The number of benzene rings is 2. The van der Waals surface area contributed by atoms with Gasteiger partial charge in [0.25, 0.3) is 0 Å². The van der Waals surface area contributed by atoms with Crippen LogP contribution < -0.4 is 4.90 Å². The molecule has 0 unspecified atom stereocenters. The van der Waals surface area contributed by atoms with Crippen molar-refractivity contribution in [3.8, 4) is 0 Å². The standard InChI is InChI=1S/C20H23N3S/c1-16-7-9-17(10-8-16)15-22-11-4-12-23(14-13-22)20-21-18-5-2-3-6-19(18)24-20/h2-3,5-10H,4,11-15H2,1H3. The lowest BCUT2D eigenvalue weighted by molar-refractivity contribution is 0.285. The van der Waals surface area contributed by atoms with Crippen molar-refractivity contribution in [1.82, 2.24) is 9.88 Å². The Morgan fingerprint density at radius 1 is 0.958 bits per heavy atom. The Bertz CT molecular complexity index is 776. The highest BCUT2D eigenvalue weighted by Crippen LogP contribution is 2.29. The van der Waals surface area contributed by atoms with Crippen molar-refractivity contribution in [1.29, 1.82) is 0 Å². The van der Waals surface area contributed by atoms with Gasteiger partial charge in [-0.1, -0.05) is 53.3 Å². The molecule has 4 heteroatoms. The highest BCUT2D eigenvalue weighted by Gasteiger charge is 2.18. The second kappa shape index (κ2) is 6.91. The molecule has 1 aliphatic rings. The summed E-state index contributed by atoms with van der Waals surface area (Å²) in [5.41, 5.74) is 3.86. The highest BCUT2D eigenvalue weighted by atomic mass is 32.1. The number of rotatable bonds is 3. The molecule has 0 N–H and O–H groups in total. The summed E-state index contributed by atoms with van der Waals surface area (Å²) in [6, 6.07) is 17.4. The average Bonchev–Trinajstić information content (AvgIpc) is 2.90. The molecule has 124 valence electrons. The summed E-state index contributed by atoms with van der Waals surface area (Å²) in [6.07, 6.45) is 1.20. The molecule has 1 aromatic heterocycles. The van der Waals surface area contributed by atoms with Crippen molar-refractivity contribution in [2.75, 3.05) is 31.1 Å². The lowest BCUT2D eigenvalue weighted by Crippen LogP contribution is -2.30. The molecule has 0 bridgehead atoms. The van der Waals surface area contributed by atoms with Crippen molar-refractivity contribution < 1.29 is 0 Å². The van der Waals surface area contributed by atoms with E-state index in [1.807, 2.05) is 11.3 Å². The molecule has 0 spiro atoms. The second-order valence-corrected chi connectivity index (χ2v) is 7.58. The van der Waals surface area contributed by atoms with Crippen molar-refractivity contribution in [3.05, 3.63) is 59.7 Å². The van der Waals surface area contributed by atoms with Gasteiger partial charge in [-0.05, 0) is 31.0 Å². The van der Waals surface area contributed by atoms with Gasteiger partial charge in [0, 0.05) is 32.7 Å². The molecular weight excluding hydrogens is 314 g/mol. The maximum absolute atomic E-state index is 4.82. The van der Waals surface area contributed by atoms with Gasteiger partial charge in [-0.15, -0.1) is 0 Å². The lowest BCUT2D eigenvalue weighted by atomic mass is 10.1. The van der Waals surface area contributed by atoms with E-state index < -0.39 is 0 Å². The molecule has 0 radical (unpaired) electrons. The molecular formula is C20H23N3S. The van der Waals surface area contributed by atoms with E-state index in [2.05, 4.69) is 65.3 Å². The second-order valence-electron chi connectivity index (χ2n) is 6.57. The number of anilines is 1. The molecule has 3 aromatic rings. The van der Waals surface area contributed by atoms with Crippen LogP contribution in [0, 0.1) is 6.92 Å². The summed E-state index contributed by atoms with van der Waals surface area (Å²) in [4.78, 5) is 9.85. The van der Waals surface area contributed by atoms with Crippen LogP contribution in [0.1, 0.15) is 17.5 Å². The van der Waals surface area contributed by atoms with E-state index in [4.69, 9.17) is 4.98 Å². The Morgan fingerprint density at radius 2 is 1.79 bits per heavy atom. The Morgan fingerprint density at radius 3 is 2.62 bits per heavy atom. The summed E-state index contributed by atoms with van der Waals surface area (Å²) in [5, 5.41) is 1.17. The maximum atomic E-state index is 4.82. The van der Waals surface area contributed by atoms with Crippen LogP contribution in [-0.4, -0.2) is 36.1 Å². The van der Waals surface area contributed by atoms with Crippen LogP contribution >= 0.6 is 11.3 Å². The summed E-state index contributed by atoms with van der Waals surface area (Å²) in [7, 11) is 0. The molecule has 3 nitrogen and oxygen atoms in total. The normalized spacial score (nSPS) is 16.5.